The lowest BCUT2D eigenvalue weighted by molar-refractivity contribution is 1.18. The number of benzene rings is 11. The summed E-state index contributed by atoms with van der Waals surface area (Å²) in [5, 5.41) is 4.94. The Kier molecular flexibility index (Phi) is 9.89. The Bertz CT molecular complexity index is 3620. The molecule has 2 nitrogen and oxygen atoms in total. The maximum Gasteiger partial charge on any atom is 0.0541 e. The van der Waals surface area contributed by atoms with Crippen molar-refractivity contribution >= 4 is 49.6 Å². The van der Waals surface area contributed by atoms with Crippen LogP contribution in [0.3, 0.4) is 0 Å². The summed E-state index contributed by atoms with van der Waals surface area (Å²) >= 11 is 0. The van der Waals surface area contributed by atoms with E-state index in [2.05, 4.69) is 276 Å². The molecule has 0 saturated heterocycles. The molecule has 0 aliphatic rings. The number of para-hydroxylation sites is 3. The van der Waals surface area contributed by atoms with Crippen molar-refractivity contribution in [1.82, 2.24) is 4.57 Å². The van der Waals surface area contributed by atoms with Crippen LogP contribution in [0.25, 0.3) is 93.9 Å². The molecule has 12 aromatic rings. The molecule has 0 unspecified atom stereocenters. The Morgan fingerprint density at radius 3 is 1.36 bits per heavy atom. The van der Waals surface area contributed by atoms with Crippen molar-refractivity contribution < 1.29 is 0 Å². The maximum absolute atomic E-state index is 2.41. The summed E-state index contributed by atoms with van der Waals surface area (Å²) in [7, 11) is 0. The Morgan fingerprint density at radius 2 is 0.682 bits per heavy atom. The van der Waals surface area contributed by atoms with Crippen LogP contribution in [0.2, 0.25) is 0 Å². The summed E-state index contributed by atoms with van der Waals surface area (Å²) < 4.78 is 2.41. The number of nitrogens with zero attached hydrogens (tertiary/aromatic N) is 2. The Morgan fingerprint density at radius 1 is 0.258 bits per heavy atom. The first kappa shape index (κ1) is 38.9. The van der Waals surface area contributed by atoms with E-state index in [1.807, 2.05) is 0 Å². The van der Waals surface area contributed by atoms with E-state index < -0.39 is 0 Å². The quantitative estimate of drug-likeness (QED) is 0.141. The molecule has 11 aromatic carbocycles. The molecule has 66 heavy (non-hydrogen) atoms. The molecule has 1 heterocycles. The van der Waals surface area contributed by atoms with Gasteiger partial charge in [0.1, 0.15) is 0 Å². The molecular weight excluding hydrogens is 797 g/mol. The SMILES string of the molecule is c1ccc(-c2cccc(-c3ccccc3-c3ccc(N(c4ccc(-c5ccc(-c6ccccc6-n6c7ccccc7c7ccccc76)cc5)cc4)c4cccc5ccccc45)cc3)c2)cc1. The third-order valence-corrected chi connectivity index (χ3v) is 13.0. The fourth-order valence-electron chi connectivity index (χ4n) is 9.84. The maximum atomic E-state index is 2.41. The van der Waals surface area contributed by atoms with Gasteiger partial charge in [-0.3, -0.25) is 0 Å². The highest BCUT2D eigenvalue weighted by Crippen LogP contribution is 2.42. The van der Waals surface area contributed by atoms with Crippen LogP contribution in [0.1, 0.15) is 0 Å². The van der Waals surface area contributed by atoms with Gasteiger partial charge in [-0.15, -0.1) is 0 Å². The summed E-state index contributed by atoms with van der Waals surface area (Å²) in [6.07, 6.45) is 0. The number of anilines is 3. The third kappa shape index (κ3) is 7.02. The van der Waals surface area contributed by atoms with E-state index >= 15 is 0 Å². The molecule has 0 atom stereocenters. The third-order valence-electron chi connectivity index (χ3n) is 13.0. The average molecular weight is 841 g/mol. The highest BCUT2D eigenvalue weighted by Gasteiger charge is 2.18. The van der Waals surface area contributed by atoms with Gasteiger partial charge in [-0.2, -0.15) is 0 Å². The average Bonchev–Trinajstić information content (AvgIpc) is 3.74. The second-order valence-corrected chi connectivity index (χ2v) is 16.9. The van der Waals surface area contributed by atoms with E-state index in [1.54, 1.807) is 0 Å². The molecule has 0 N–H and O–H groups in total. The molecule has 0 aliphatic heterocycles. The minimum absolute atomic E-state index is 1.10. The van der Waals surface area contributed by atoms with Crippen molar-refractivity contribution in [2.75, 3.05) is 4.90 Å². The van der Waals surface area contributed by atoms with Gasteiger partial charge < -0.3 is 9.47 Å². The first-order chi connectivity index (χ1) is 32.7. The van der Waals surface area contributed by atoms with Gasteiger partial charge in [0.2, 0.25) is 0 Å². The summed E-state index contributed by atoms with van der Waals surface area (Å²) in [6, 6.07) is 96.7. The molecule has 0 radical (unpaired) electrons. The van der Waals surface area contributed by atoms with Gasteiger partial charge in [0.05, 0.1) is 22.4 Å². The first-order valence-corrected chi connectivity index (χ1v) is 22.7. The van der Waals surface area contributed by atoms with Gasteiger partial charge in [-0.25, -0.2) is 0 Å². The molecule has 0 bridgehead atoms. The zero-order valence-corrected chi connectivity index (χ0v) is 36.3. The molecule has 0 fully saturated rings. The van der Waals surface area contributed by atoms with Crippen LogP contribution in [0.5, 0.6) is 0 Å². The number of aromatic nitrogens is 1. The smallest absolute Gasteiger partial charge is 0.0541 e. The molecule has 0 spiro atoms. The van der Waals surface area contributed by atoms with Crippen molar-refractivity contribution in [2.24, 2.45) is 0 Å². The summed E-state index contributed by atoms with van der Waals surface area (Å²) in [5.74, 6) is 0. The van der Waals surface area contributed by atoms with Crippen LogP contribution < -0.4 is 4.90 Å². The summed E-state index contributed by atoms with van der Waals surface area (Å²) in [6.45, 7) is 0. The second-order valence-electron chi connectivity index (χ2n) is 16.9. The topological polar surface area (TPSA) is 8.17 Å². The van der Waals surface area contributed by atoms with E-state index in [0.717, 1.165) is 17.1 Å². The van der Waals surface area contributed by atoms with Crippen molar-refractivity contribution in [3.63, 3.8) is 0 Å². The largest absolute Gasteiger partial charge is 0.310 e. The van der Waals surface area contributed by atoms with Gasteiger partial charge in [0.15, 0.2) is 0 Å². The van der Waals surface area contributed by atoms with E-state index in [0.29, 0.717) is 0 Å². The molecular formula is C64H44N2. The molecule has 0 aliphatic carbocycles. The Hall–Kier alpha value is -8.72. The van der Waals surface area contributed by atoms with Crippen LogP contribution in [-0.2, 0) is 0 Å². The standard InChI is InChI=1S/C64H44N2/c1-2-16-45(17-3-1)51-20-14-21-52(44-51)56-23-7-6-22-55(56)49-38-42-54(43-39-49)65(61-31-15-19-48-18-4-5-24-57(48)61)53-40-36-47(37-41-53)46-32-34-50(35-33-46)58-25-8-11-28-62(58)66-63-29-12-9-26-59(63)60-27-10-13-30-64(60)66/h1-44H. The highest BCUT2D eigenvalue weighted by molar-refractivity contribution is 6.10. The van der Waals surface area contributed by atoms with E-state index in [1.165, 1.54) is 93.9 Å². The predicted molar refractivity (Wildman–Crippen MR) is 280 cm³/mol. The van der Waals surface area contributed by atoms with E-state index in [9.17, 15) is 0 Å². The molecule has 2 heteroatoms. The fourth-order valence-corrected chi connectivity index (χ4v) is 9.84. The van der Waals surface area contributed by atoms with Gasteiger partial charge >= 0.3 is 0 Å². The normalized spacial score (nSPS) is 11.3. The lowest BCUT2D eigenvalue weighted by Crippen LogP contribution is -2.10. The lowest BCUT2D eigenvalue weighted by Gasteiger charge is -2.27. The lowest BCUT2D eigenvalue weighted by atomic mass is 9.92. The van der Waals surface area contributed by atoms with Crippen molar-refractivity contribution in [1.29, 1.82) is 0 Å². The van der Waals surface area contributed by atoms with Gasteiger partial charge in [-0.05, 0) is 110 Å². The number of hydrogen-bond acceptors (Lipinski definition) is 1. The molecule has 0 saturated carbocycles. The van der Waals surface area contributed by atoms with Crippen LogP contribution in [0.4, 0.5) is 17.1 Å². The second kappa shape index (κ2) is 16.8. The number of fused-ring (bicyclic) bond motifs is 4. The zero-order valence-electron chi connectivity index (χ0n) is 36.3. The van der Waals surface area contributed by atoms with Gasteiger partial charge in [0.25, 0.3) is 0 Å². The number of rotatable bonds is 9. The van der Waals surface area contributed by atoms with Gasteiger partial charge in [0, 0.05) is 33.1 Å². The molecule has 12 rings (SSSR count). The van der Waals surface area contributed by atoms with Gasteiger partial charge in [-0.1, -0.05) is 212 Å². The summed E-state index contributed by atoms with van der Waals surface area (Å²) in [4.78, 5) is 2.39. The molecule has 0 amide bonds. The predicted octanol–water partition coefficient (Wildman–Crippen LogP) is 17.7. The van der Waals surface area contributed by atoms with E-state index in [-0.39, 0.29) is 0 Å². The Balaban J connectivity index is 0.881. The van der Waals surface area contributed by atoms with Crippen LogP contribution >= 0.6 is 0 Å². The number of hydrogen-bond donors (Lipinski definition) is 0. The summed E-state index contributed by atoms with van der Waals surface area (Å²) in [5.41, 5.74) is 18.9. The minimum atomic E-state index is 1.10. The Labute approximate surface area is 385 Å². The van der Waals surface area contributed by atoms with Crippen molar-refractivity contribution in [3.8, 4) is 61.3 Å². The van der Waals surface area contributed by atoms with Crippen molar-refractivity contribution in [3.05, 3.63) is 267 Å². The fraction of sp³-hybridized carbons (Fsp3) is 0. The monoisotopic (exact) mass is 840 g/mol. The van der Waals surface area contributed by atoms with Crippen LogP contribution in [0, 0.1) is 0 Å². The van der Waals surface area contributed by atoms with Crippen molar-refractivity contribution in [2.45, 2.75) is 0 Å². The van der Waals surface area contributed by atoms with Crippen LogP contribution in [-0.4, -0.2) is 4.57 Å². The van der Waals surface area contributed by atoms with Crippen LogP contribution in [0.15, 0.2) is 267 Å². The molecule has 310 valence electrons. The first-order valence-electron chi connectivity index (χ1n) is 22.7. The highest BCUT2D eigenvalue weighted by atomic mass is 15.1. The van der Waals surface area contributed by atoms with E-state index in [4.69, 9.17) is 0 Å². The molecule has 1 aromatic heterocycles. The minimum Gasteiger partial charge on any atom is -0.310 e. The zero-order chi connectivity index (χ0) is 43.8.